The van der Waals surface area contributed by atoms with Crippen LogP contribution in [0.15, 0.2) is 27.3 Å². The largest absolute Gasteiger partial charge is 0.468 e. The van der Waals surface area contributed by atoms with Crippen LogP contribution in [-0.2, 0) is 6.54 Å². The van der Waals surface area contributed by atoms with Crippen LogP contribution in [0.25, 0.3) is 0 Å². The van der Waals surface area contributed by atoms with Crippen molar-refractivity contribution in [3.63, 3.8) is 0 Å². The van der Waals surface area contributed by atoms with E-state index >= 15 is 0 Å². The Balaban J connectivity index is 1.63. The van der Waals surface area contributed by atoms with Gasteiger partial charge in [-0.15, -0.1) is 0 Å². The van der Waals surface area contributed by atoms with Crippen molar-refractivity contribution >= 4 is 5.91 Å². The van der Waals surface area contributed by atoms with E-state index in [0.717, 1.165) is 25.4 Å². The number of piperazine rings is 1. The fraction of sp³-hybridized carbons (Fsp3) is 0.529. The molecule has 0 bridgehead atoms. The van der Waals surface area contributed by atoms with Crippen LogP contribution < -0.4 is 0 Å². The Morgan fingerprint density at radius 1 is 1.30 bits per heavy atom. The first-order chi connectivity index (χ1) is 11.1. The van der Waals surface area contributed by atoms with Crippen molar-refractivity contribution < 1.29 is 13.7 Å². The number of hydrogen-bond donors (Lipinski definition) is 0. The normalized spacial score (nSPS) is 16.3. The van der Waals surface area contributed by atoms with Gasteiger partial charge in [0.05, 0.1) is 18.5 Å². The fourth-order valence-corrected chi connectivity index (χ4v) is 2.93. The molecule has 1 aliphatic rings. The molecule has 0 N–H and O–H groups in total. The Bertz CT molecular complexity index is 653. The highest BCUT2D eigenvalue weighted by molar-refractivity contribution is 5.96. The van der Waals surface area contributed by atoms with Crippen LogP contribution in [0.3, 0.4) is 0 Å². The number of carbonyl (C=O) groups excluding carboxylic acids is 1. The molecule has 124 valence electrons. The van der Waals surface area contributed by atoms with Crippen LogP contribution >= 0.6 is 0 Å². The zero-order valence-electron chi connectivity index (χ0n) is 13.9. The van der Waals surface area contributed by atoms with E-state index in [0.29, 0.717) is 30.1 Å². The van der Waals surface area contributed by atoms with Gasteiger partial charge in [-0.1, -0.05) is 19.0 Å². The first kappa shape index (κ1) is 15.8. The summed E-state index contributed by atoms with van der Waals surface area (Å²) in [7, 11) is 0. The molecule has 0 unspecified atom stereocenters. The molecule has 3 heterocycles. The third kappa shape index (κ3) is 3.32. The molecule has 1 fully saturated rings. The quantitative estimate of drug-likeness (QED) is 0.867. The summed E-state index contributed by atoms with van der Waals surface area (Å²) < 4.78 is 10.7. The first-order valence-corrected chi connectivity index (χ1v) is 8.06. The Hall–Kier alpha value is -2.08. The van der Waals surface area contributed by atoms with Gasteiger partial charge in [0.25, 0.3) is 5.91 Å². The molecule has 6 heteroatoms. The maximum absolute atomic E-state index is 12.8. The van der Waals surface area contributed by atoms with E-state index in [1.54, 1.807) is 6.26 Å². The minimum Gasteiger partial charge on any atom is -0.468 e. The number of furan rings is 1. The smallest absolute Gasteiger partial charge is 0.259 e. The van der Waals surface area contributed by atoms with Crippen molar-refractivity contribution in [2.45, 2.75) is 33.2 Å². The number of aryl methyl sites for hydroxylation is 1. The lowest BCUT2D eigenvalue weighted by Crippen LogP contribution is -2.48. The molecular weight excluding hydrogens is 294 g/mol. The molecule has 3 rings (SSSR count). The van der Waals surface area contributed by atoms with Crippen LogP contribution in [0.1, 0.15) is 47.3 Å². The zero-order chi connectivity index (χ0) is 16.4. The average molecular weight is 317 g/mol. The standard InChI is InChI=1S/C17H23N3O3/c1-12(2)16-15(13(3)18-23-16)17(21)20-8-6-19(7-9-20)11-14-5-4-10-22-14/h4-5,10,12H,6-9,11H2,1-3H3. The second-order valence-corrected chi connectivity index (χ2v) is 6.31. The Labute approximate surface area is 136 Å². The molecule has 1 aliphatic heterocycles. The molecular formula is C17H23N3O3. The van der Waals surface area contributed by atoms with Gasteiger partial charge in [-0.25, -0.2) is 0 Å². The van der Waals surface area contributed by atoms with Crippen molar-refractivity contribution in [2.24, 2.45) is 0 Å². The average Bonchev–Trinajstić information content (AvgIpc) is 3.17. The predicted octanol–water partition coefficient (Wildman–Crippen LogP) is 2.66. The summed E-state index contributed by atoms with van der Waals surface area (Å²) in [5.41, 5.74) is 1.32. The van der Waals surface area contributed by atoms with E-state index in [1.807, 2.05) is 37.8 Å². The van der Waals surface area contributed by atoms with Gasteiger partial charge < -0.3 is 13.8 Å². The maximum Gasteiger partial charge on any atom is 0.259 e. The summed E-state index contributed by atoms with van der Waals surface area (Å²) >= 11 is 0. The molecule has 0 aromatic carbocycles. The number of nitrogens with zero attached hydrogens (tertiary/aromatic N) is 3. The summed E-state index contributed by atoms with van der Waals surface area (Å²) in [5.74, 6) is 1.83. The summed E-state index contributed by atoms with van der Waals surface area (Å²) in [6.45, 7) is 9.75. The Morgan fingerprint density at radius 2 is 2.04 bits per heavy atom. The molecule has 2 aromatic heterocycles. The molecule has 23 heavy (non-hydrogen) atoms. The molecule has 1 saturated heterocycles. The second-order valence-electron chi connectivity index (χ2n) is 6.31. The SMILES string of the molecule is Cc1noc(C(C)C)c1C(=O)N1CCN(Cc2ccco2)CC1. The molecule has 0 spiro atoms. The van der Waals surface area contributed by atoms with Crippen molar-refractivity contribution in [3.8, 4) is 0 Å². The van der Waals surface area contributed by atoms with Crippen molar-refractivity contribution in [1.29, 1.82) is 0 Å². The van der Waals surface area contributed by atoms with Gasteiger partial charge in [0.1, 0.15) is 11.3 Å². The molecule has 0 atom stereocenters. The number of hydrogen-bond acceptors (Lipinski definition) is 5. The summed E-state index contributed by atoms with van der Waals surface area (Å²) in [5, 5.41) is 3.97. The molecule has 2 aromatic rings. The monoisotopic (exact) mass is 317 g/mol. The van der Waals surface area contributed by atoms with Gasteiger partial charge in [0.2, 0.25) is 0 Å². The van der Waals surface area contributed by atoms with Crippen LogP contribution in [0.5, 0.6) is 0 Å². The number of rotatable bonds is 4. The third-order valence-corrected chi connectivity index (χ3v) is 4.25. The highest BCUT2D eigenvalue weighted by Gasteiger charge is 2.29. The van der Waals surface area contributed by atoms with Crippen molar-refractivity contribution in [2.75, 3.05) is 26.2 Å². The zero-order valence-corrected chi connectivity index (χ0v) is 13.9. The van der Waals surface area contributed by atoms with Crippen molar-refractivity contribution in [1.82, 2.24) is 15.0 Å². The lowest BCUT2D eigenvalue weighted by Gasteiger charge is -2.34. The van der Waals surface area contributed by atoms with Crippen LogP contribution in [0.4, 0.5) is 0 Å². The first-order valence-electron chi connectivity index (χ1n) is 8.06. The summed E-state index contributed by atoms with van der Waals surface area (Å²) in [6, 6.07) is 3.88. The second kappa shape index (κ2) is 6.58. The lowest BCUT2D eigenvalue weighted by molar-refractivity contribution is 0.0617. The van der Waals surface area contributed by atoms with E-state index in [2.05, 4.69) is 10.1 Å². The van der Waals surface area contributed by atoms with Gasteiger partial charge in [-0.05, 0) is 19.1 Å². The minimum atomic E-state index is 0.0325. The van der Waals surface area contributed by atoms with Gasteiger partial charge >= 0.3 is 0 Å². The number of carbonyl (C=O) groups is 1. The summed E-state index contributed by atoms with van der Waals surface area (Å²) in [4.78, 5) is 17.0. The minimum absolute atomic E-state index is 0.0325. The molecule has 1 amide bonds. The van der Waals surface area contributed by atoms with Gasteiger partial charge in [-0.3, -0.25) is 9.69 Å². The van der Waals surface area contributed by atoms with Gasteiger partial charge in [-0.2, -0.15) is 0 Å². The highest BCUT2D eigenvalue weighted by Crippen LogP contribution is 2.24. The molecule has 0 saturated carbocycles. The molecule has 6 nitrogen and oxygen atoms in total. The Kier molecular flexibility index (Phi) is 4.52. The third-order valence-electron chi connectivity index (χ3n) is 4.25. The molecule has 0 aliphatic carbocycles. The lowest BCUT2D eigenvalue weighted by atomic mass is 10.0. The van der Waals surface area contributed by atoms with E-state index in [1.165, 1.54) is 0 Å². The van der Waals surface area contributed by atoms with E-state index in [-0.39, 0.29) is 11.8 Å². The number of aromatic nitrogens is 1. The summed E-state index contributed by atoms with van der Waals surface area (Å²) in [6.07, 6.45) is 1.69. The van der Waals surface area contributed by atoms with E-state index in [9.17, 15) is 4.79 Å². The topological polar surface area (TPSA) is 62.7 Å². The van der Waals surface area contributed by atoms with E-state index < -0.39 is 0 Å². The van der Waals surface area contributed by atoms with E-state index in [4.69, 9.17) is 8.94 Å². The number of amides is 1. The Morgan fingerprint density at radius 3 is 2.65 bits per heavy atom. The predicted molar refractivity (Wildman–Crippen MR) is 85.2 cm³/mol. The van der Waals surface area contributed by atoms with Crippen LogP contribution in [-0.4, -0.2) is 47.0 Å². The van der Waals surface area contributed by atoms with Crippen LogP contribution in [0.2, 0.25) is 0 Å². The molecule has 0 radical (unpaired) electrons. The maximum atomic E-state index is 12.8. The van der Waals surface area contributed by atoms with Gasteiger partial charge in [0, 0.05) is 32.1 Å². The van der Waals surface area contributed by atoms with Gasteiger partial charge in [0.15, 0.2) is 5.76 Å². The van der Waals surface area contributed by atoms with Crippen molar-refractivity contribution in [3.05, 3.63) is 41.2 Å². The van der Waals surface area contributed by atoms with Crippen LogP contribution in [0, 0.1) is 6.92 Å². The fourth-order valence-electron chi connectivity index (χ4n) is 2.93. The highest BCUT2D eigenvalue weighted by atomic mass is 16.5.